The van der Waals surface area contributed by atoms with E-state index in [1.807, 2.05) is 103 Å². The van der Waals surface area contributed by atoms with Crippen LogP contribution in [0, 0.1) is 6.07 Å². The van der Waals surface area contributed by atoms with Gasteiger partial charge in [-0.3, -0.25) is 9.97 Å². The summed E-state index contributed by atoms with van der Waals surface area (Å²) in [7, 11) is 0. The van der Waals surface area contributed by atoms with E-state index < -0.39 is 0 Å². The average Bonchev–Trinajstić information content (AvgIpc) is 3.10. The largest absolute Gasteiger partial charge is 0.507 e. The summed E-state index contributed by atoms with van der Waals surface area (Å²) >= 11 is 0. The van der Waals surface area contributed by atoms with E-state index in [1.54, 1.807) is 0 Å². The van der Waals surface area contributed by atoms with E-state index in [2.05, 4.69) is 65.6 Å². The van der Waals surface area contributed by atoms with Crippen molar-refractivity contribution in [3.8, 4) is 61.8 Å². The van der Waals surface area contributed by atoms with Gasteiger partial charge in [-0.15, -0.1) is 24.3 Å². The minimum absolute atomic E-state index is 0. The Kier molecular flexibility index (Phi) is 9.10. The summed E-state index contributed by atoms with van der Waals surface area (Å²) in [5.41, 5.74) is 11.1. The predicted octanol–water partition coefficient (Wildman–Crippen LogP) is 9.91. The Labute approximate surface area is 278 Å². The maximum absolute atomic E-state index is 11.5. The molecule has 2 aromatic heterocycles. The van der Waals surface area contributed by atoms with Crippen molar-refractivity contribution >= 4 is 0 Å². The van der Waals surface area contributed by atoms with Gasteiger partial charge >= 0.3 is 0 Å². The number of benzene rings is 5. The molecule has 0 aliphatic rings. The molecule has 0 spiro atoms. The van der Waals surface area contributed by atoms with Crippen molar-refractivity contribution in [2.75, 3.05) is 0 Å². The van der Waals surface area contributed by atoms with Crippen LogP contribution in [0.3, 0.4) is 0 Å². The van der Waals surface area contributed by atoms with Crippen LogP contribution < -0.4 is 0 Å². The Morgan fingerprint density at radius 3 is 1.80 bits per heavy atom. The third-order valence-corrected chi connectivity index (χ3v) is 7.78. The Morgan fingerprint density at radius 2 is 1.09 bits per heavy atom. The molecule has 3 nitrogen and oxygen atoms in total. The Morgan fingerprint density at radius 1 is 0.511 bits per heavy atom. The van der Waals surface area contributed by atoms with Gasteiger partial charge in [-0.1, -0.05) is 126 Å². The molecule has 7 rings (SSSR count). The zero-order valence-corrected chi connectivity index (χ0v) is 26.6. The fourth-order valence-electron chi connectivity index (χ4n) is 5.52. The first-order valence-corrected chi connectivity index (χ1v) is 14.7. The van der Waals surface area contributed by atoms with Gasteiger partial charge in [0, 0.05) is 50.6 Å². The number of hydrogen-bond acceptors (Lipinski definition) is 3. The van der Waals surface area contributed by atoms with Crippen molar-refractivity contribution in [3.05, 3.63) is 175 Å². The summed E-state index contributed by atoms with van der Waals surface area (Å²) in [6.07, 6.45) is 2.48. The van der Waals surface area contributed by atoms with Crippen molar-refractivity contribution < 1.29 is 26.2 Å². The molecule has 1 N–H and O–H groups in total. The molecular formula is C41H29N2OPt-. The third kappa shape index (κ3) is 6.70. The van der Waals surface area contributed by atoms with Crippen LogP contribution in [0.15, 0.2) is 158 Å². The summed E-state index contributed by atoms with van der Waals surface area (Å²) in [4.78, 5) is 9.77. The minimum Gasteiger partial charge on any atom is -0.507 e. The van der Waals surface area contributed by atoms with Crippen molar-refractivity contribution in [2.24, 2.45) is 0 Å². The molecule has 0 aliphatic heterocycles. The standard InChI is InChI=1S/C41H29N2O.Pt/c44-41-35(24-29-12-4-1-5-13-29)20-11-21-37(41)40-28-36(31-16-8-3-9-17-31)27-39(43-40)34-19-10-18-33(25-34)38-26-32(22-23-42-38)30-14-6-2-7-15-30;/h1-23,26-28,44H,24H2;/q-1;. The maximum Gasteiger partial charge on any atom is 0.128 e. The SMILES string of the molecule is Oc1c(Cc2ccccc2)cccc1-c1cc(-c2ccccc2)cc(-c2[c-]c(-c3cc(-c4ccccc4)ccn3)ccc2)n1.[Pt]. The smallest absolute Gasteiger partial charge is 0.128 e. The van der Waals surface area contributed by atoms with Crippen LogP contribution in [0.4, 0.5) is 0 Å². The molecule has 7 aromatic rings. The number of phenols is 1. The molecular weight excluding hydrogens is 732 g/mol. The van der Waals surface area contributed by atoms with Crippen LogP contribution >= 0.6 is 0 Å². The molecule has 0 amide bonds. The fraction of sp³-hybridized carbons (Fsp3) is 0.0244. The summed E-state index contributed by atoms with van der Waals surface area (Å²) < 4.78 is 0. The number of phenolic OH excluding ortho intramolecular Hbond substituents is 1. The van der Waals surface area contributed by atoms with Gasteiger partial charge in [0.05, 0.1) is 5.69 Å². The molecule has 2 heterocycles. The molecule has 0 atom stereocenters. The first-order chi connectivity index (χ1) is 21.7. The topological polar surface area (TPSA) is 46.0 Å². The molecule has 4 heteroatoms. The molecule has 0 saturated heterocycles. The molecule has 0 saturated carbocycles. The number of pyridine rings is 2. The first kappa shape index (κ1) is 29.9. The molecule has 220 valence electrons. The maximum atomic E-state index is 11.5. The van der Waals surface area contributed by atoms with Gasteiger partial charge < -0.3 is 5.11 Å². The number of nitrogens with zero attached hydrogens (tertiary/aromatic N) is 2. The van der Waals surface area contributed by atoms with E-state index in [9.17, 15) is 5.11 Å². The van der Waals surface area contributed by atoms with Gasteiger partial charge in [-0.05, 0) is 51.6 Å². The van der Waals surface area contributed by atoms with Crippen molar-refractivity contribution in [3.63, 3.8) is 0 Å². The van der Waals surface area contributed by atoms with Crippen molar-refractivity contribution in [1.29, 1.82) is 0 Å². The second kappa shape index (κ2) is 13.7. The number of para-hydroxylation sites is 1. The van der Waals surface area contributed by atoms with Crippen LogP contribution in [-0.4, -0.2) is 15.1 Å². The molecule has 0 unspecified atom stereocenters. The normalized spacial score (nSPS) is 10.7. The van der Waals surface area contributed by atoms with E-state index in [4.69, 9.17) is 4.98 Å². The fourth-order valence-corrected chi connectivity index (χ4v) is 5.52. The van der Waals surface area contributed by atoms with E-state index in [0.29, 0.717) is 17.7 Å². The molecule has 0 bridgehead atoms. The van der Waals surface area contributed by atoms with Crippen LogP contribution in [0.5, 0.6) is 5.75 Å². The second-order valence-electron chi connectivity index (χ2n) is 10.7. The van der Waals surface area contributed by atoms with Crippen molar-refractivity contribution in [1.82, 2.24) is 9.97 Å². The van der Waals surface area contributed by atoms with Gasteiger partial charge in [-0.25, -0.2) is 0 Å². The zero-order chi connectivity index (χ0) is 29.7. The van der Waals surface area contributed by atoms with Gasteiger partial charge in [0.1, 0.15) is 5.75 Å². The van der Waals surface area contributed by atoms with Crippen LogP contribution in [-0.2, 0) is 27.5 Å². The Hall–Kier alpha value is -5.11. The number of rotatable bonds is 7. The monoisotopic (exact) mass is 760 g/mol. The Bertz CT molecular complexity index is 2040. The summed E-state index contributed by atoms with van der Waals surface area (Å²) in [6, 6.07) is 54.6. The number of aromatic hydroxyl groups is 1. The predicted molar refractivity (Wildman–Crippen MR) is 179 cm³/mol. The third-order valence-electron chi connectivity index (χ3n) is 7.78. The molecule has 0 radical (unpaired) electrons. The molecule has 0 aliphatic carbocycles. The summed E-state index contributed by atoms with van der Waals surface area (Å²) in [6.45, 7) is 0. The van der Waals surface area contributed by atoms with Crippen LogP contribution in [0.1, 0.15) is 11.1 Å². The van der Waals surface area contributed by atoms with Crippen LogP contribution in [0.2, 0.25) is 0 Å². The average molecular weight is 761 g/mol. The molecule has 45 heavy (non-hydrogen) atoms. The number of hydrogen-bond donors (Lipinski definition) is 1. The van der Waals surface area contributed by atoms with E-state index in [1.165, 1.54) is 0 Å². The first-order valence-electron chi connectivity index (χ1n) is 14.7. The molecule has 5 aromatic carbocycles. The van der Waals surface area contributed by atoms with E-state index in [0.717, 1.165) is 55.9 Å². The number of aromatic nitrogens is 2. The summed E-state index contributed by atoms with van der Waals surface area (Å²) in [5, 5.41) is 11.5. The van der Waals surface area contributed by atoms with Crippen LogP contribution in [0.25, 0.3) is 56.0 Å². The summed E-state index contributed by atoms with van der Waals surface area (Å²) in [5.74, 6) is 0.250. The van der Waals surface area contributed by atoms with Gasteiger partial charge in [0.2, 0.25) is 0 Å². The zero-order valence-electron chi connectivity index (χ0n) is 24.4. The van der Waals surface area contributed by atoms with Crippen molar-refractivity contribution in [2.45, 2.75) is 6.42 Å². The van der Waals surface area contributed by atoms with Gasteiger partial charge in [0.25, 0.3) is 0 Å². The quantitative estimate of drug-likeness (QED) is 0.165. The molecule has 0 fully saturated rings. The minimum atomic E-state index is 0. The van der Waals surface area contributed by atoms with E-state index >= 15 is 0 Å². The van der Waals surface area contributed by atoms with E-state index in [-0.39, 0.29) is 26.8 Å². The van der Waals surface area contributed by atoms with Gasteiger partial charge in [0.15, 0.2) is 0 Å². The second-order valence-corrected chi connectivity index (χ2v) is 10.7. The Balaban J connectivity index is 0.00000357. The van der Waals surface area contributed by atoms with Gasteiger partial charge in [-0.2, -0.15) is 0 Å².